The number of amides is 1. The molecule has 21 heavy (non-hydrogen) atoms. The number of anilines is 2. The van der Waals surface area contributed by atoms with E-state index >= 15 is 0 Å². The summed E-state index contributed by atoms with van der Waals surface area (Å²) in [4.78, 5) is 13.3. The number of hydrogen-bond donors (Lipinski definition) is 3. The number of carbonyl (C=O) groups excluding carboxylic acids is 1. The average Bonchev–Trinajstić information content (AvgIpc) is 2.37. The van der Waals surface area contributed by atoms with Gasteiger partial charge in [-0.25, -0.2) is 13.6 Å². The van der Waals surface area contributed by atoms with E-state index in [0.29, 0.717) is 17.9 Å². The monoisotopic (exact) mass is 312 g/mol. The van der Waals surface area contributed by atoms with Crippen LogP contribution in [-0.4, -0.2) is 26.9 Å². The lowest BCUT2D eigenvalue weighted by atomic mass is 9.92. The third-order valence-electron chi connectivity index (χ3n) is 3.86. The fraction of sp³-hybridized carbons (Fsp3) is 0.462. The van der Waals surface area contributed by atoms with Gasteiger partial charge < -0.3 is 16.4 Å². The molecule has 7 nitrogen and oxygen atoms in total. The summed E-state index contributed by atoms with van der Waals surface area (Å²) in [5.74, 6) is -0.594. The molecule has 2 atom stereocenters. The largest absolute Gasteiger partial charge is 0.399 e. The molecule has 1 heterocycles. The van der Waals surface area contributed by atoms with Gasteiger partial charge in [0.15, 0.2) is 0 Å². The van der Waals surface area contributed by atoms with Crippen LogP contribution in [0.4, 0.5) is 11.4 Å². The van der Waals surface area contributed by atoms with Crippen LogP contribution in [-0.2, 0) is 14.8 Å². The number of primary amides is 1. The number of rotatable bonds is 3. The quantitative estimate of drug-likeness (QED) is 0.676. The number of benzene rings is 1. The lowest BCUT2D eigenvalue weighted by Crippen LogP contribution is -2.46. The molecule has 2 rings (SSSR count). The van der Waals surface area contributed by atoms with Crippen LogP contribution in [0.2, 0.25) is 0 Å². The summed E-state index contributed by atoms with van der Waals surface area (Å²) in [6, 6.07) is 4.63. The molecule has 1 saturated heterocycles. The van der Waals surface area contributed by atoms with Gasteiger partial charge >= 0.3 is 0 Å². The summed E-state index contributed by atoms with van der Waals surface area (Å²) in [6.45, 7) is 2.46. The highest BCUT2D eigenvalue weighted by atomic mass is 32.2. The van der Waals surface area contributed by atoms with Crippen LogP contribution in [0.3, 0.4) is 0 Å². The summed E-state index contributed by atoms with van der Waals surface area (Å²) in [6.07, 6.45) is 1.53. The molecule has 1 aliphatic heterocycles. The Hall–Kier alpha value is -1.80. The fourth-order valence-corrected chi connectivity index (χ4v) is 3.22. The summed E-state index contributed by atoms with van der Waals surface area (Å²) in [5.41, 5.74) is 12.1. The highest BCUT2D eigenvalue weighted by Gasteiger charge is 2.29. The zero-order chi connectivity index (χ0) is 15.8. The van der Waals surface area contributed by atoms with Gasteiger partial charge in [0.2, 0.25) is 15.9 Å². The first-order valence-corrected chi connectivity index (χ1v) is 8.22. The van der Waals surface area contributed by atoms with Gasteiger partial charge in [0.1, 0.15) is 0 Å². The molecule has 0 bridgehead atoms. The van der Waals surface area contributed by atoms with Crippen LogP contribution < -0.4 is 21.5 Å². The van der Waals surface area contributed by atoms with Crippen LogP contribution in [0.1, 0.15) is 19.8 Å². The Balaban J connectivity index is 2.40. The summed E-state index contributed by atoms with van der Waals surface area (Å²) in [5, 5.41) is 5.16. The Bertz CT molecular complexity index is 659. The number of nitrogen functional groups attached to an aromatic ring is 1. The SMILES string of the molecule is CC1CCC(C(N)=O)CN1c1cc(N)cc(S(N)(=O)=O)c1. The van der Waals surface area contributed by atoms with Crippen LogP contribution in [0.25, 0.3) is 0 Å². The molecule has 1 aromatic carbocycles. The van der Waals surface area contributed by atoms with Gasteiger partial charge in [0, 0.05) is 24.0 Å². The van der Waals surface area contributed by atoms with Crippen molar-refractivity contribution in [1.82, 2.24) is 0 Å². The average molecular weight is 312 g/mol. The highest BCUT2D eigenvalue weighted by molar-refractivity contribution is 7.89. The van der Waals surface area contributed by atoms with Gasteiger partial charge in [-0.2, -0.15) is 0 Å². The van der Waals surface area contributed by atoms with E-state index in [4.69, 9.17) is 16.6 Å². The van der Waals surface area contributed by atoms with Crippen molar-refractivity contribution in [2.45, 2.75) is 30.7 Å². The van der Waals surface area contributed by atoms with Crippen molar-refractivity contribution in [2.75, 3.05) is 17.2 Å². The van der Waals surface area contributed by atoms with Crippen molar-refractivity contribution < 1.29 is 13.2 Å². The van der Waals surface area contributed by atoms with Crippen molar-refractivity contribution in [3.63, 3.8) is 0 Å². The molecule has 8 heteroatoms. The first-order chi connectivity index (χ1) is 9.68. The molecule has 0 saturated carbocycles. The van der Waals surface area contributed by atoms with Gasteiger partial charge in [-0.3, -0.25) is 4.79 Å². The minimum absolute atomic E-state index is 0.0362. The fourth-order valence-electron chi connectivity index (χ4n) is 2.63. The second-order valence-electron chi connectivity index (χ2n) is 5.48. The molecule has 0 radical (unpaired) electrons. The number of carbonyl (C=O) groups is 1. The van der Waals surface area contributed by atoms with Crippen molar-refractivity contribution in [2.24, 2.45) is 16.8 Å². The number of nitrogens with two attached hydrogens (primary N) is 3. The van der Waals surface area contributed by atoms with E-state index in [1.54, 1.807) is 6.07 Å². The lowest BCUT2D eigenvalue weighted by Gasteiger charge is -2.38. The van der Waals surface area contributed by atoms with Gasteiger partial charge in [-0.15, -0.1) is 0 Å². The molecule has 2 unspecified atom stereocenters. The van der Waals surface area contributed by atoms with E-state index in [1.165, 1.54) is 12.1 Å². The van der Waals surface area contributed by atoms with Crippen molar-refractivity contribution >= 4 is 27.3 Å². The molecule has 116 valence electrons. The summed E-state index contributed by atoms with van der Waals surface area (Å²) < 4.78 is 23.0. The van der Waals surface area contributed by atoms with Crippen molar-refractivity contribution in [3.8, 4) is 0 Å². The van der Waals surface area contributed by atoms with E-state index in [0.717, 1.165) is 12.8 Å². The molecular weight excluding hydrogens is 292 g/mol. The summed E-state index contributed by atoms with van der Waals surface area (Å²) >= 11 is 0. The zero-order valence-corrected chi connectivity index (χ0v) is 12.6. The Morgan fingerprint density at radius 2 is 1.95 bits per heavy atom. The van der Waals surface area contributed by atoms with Crippen LogP contribution >= 0.6 is 0 Å². The number of sulfonamides is 1. The maximum atomic E-state index is 11.5. The van der Waals surface area contributed by atoms with E-state index in [9.17, 15) is 13.2 Å². The van der Waals surface area contributed by atoms with Gasteiger partial charge in [0.25, 0.3) is 0 Å². The first kappa shape index (κ1) is 15.6. The Morgan fingerprint density at radius 3 is 2.52 bits per heavy atom. The smallest absolute Gasteiger partial charge is 0.238 e. The van der Waals surface area contributed by atoms with Crippen LogP contribution in [0.15, 0.2) is 23.1 Å². The van der Waals surface area contributed by atoms with Crippen LogP contribution in [0.5, 0.6) is 0 Å². The normalized spacial score (nSPS) is 23.0. The van der Waals surface area contributed by atoms with Crippen molar-refractivity contribution in [1.29, 1.82) is 0 Å². The topological polar surface area (TPSA) is 133 Å². The van der Waals surface area contributed by atoms with Gasteiger partial charge in [0.05, 0.1) is 10.8 Å². The molecule has 0 aromatic heterocycles. The number of hydrogen-bond acceptors (Lipinski definition) is 5. The van der Waals surface area contributed by atoms with E-state index in [1.807, 2.05) is 11.8 Å². The van der Waals surface area contributed by atoms with Crippen LogP contribution in [0, 0.1) is 5.92 Å². The third-order valence-corrected chi connectivity index (χ3v) is 4.75. The number of piperidine rings is 1. The minimum atomic E-state index is -3.83. The highest BCUT2D eigenvalue weighted by Crippen LogP contribution is 2.30. The molecular formula is C13H20N4O3S. The Kier molecular flexibility index (Phi) is 4.11. The molecule has 6 N–H and O–H groups in total. The second kappa shape index (κ2) is 5.53. The van der Waals surface area contributed by atoms with Gasteiger partial charge in [-0.1, -0.05) is 0 Å². The third kappa shape index (κ3) is 3.45. The minimum Gasteiger partial charge on any atom is -0.399 e. The first-order valence-electron chi connectivity index (χ1n) is 6.68. The standard InChI is InChI=1S/C13H20N4O3S/c1-8-2-3-9(13(15)18)7-17(8)11-4-10(14)5-12(6-11)21(16,19)20/h4-6,8-9H,2-3,7,14H2,1H3,(H2,15,18)(H2,16,19,20). The Labute approximate surface area is 124 Å². The van der Waals surface area contributed by atoms with E-state index < -0.39 is 10.0 Å². The second-order valence-corrected chi connectivity index (χ2v) is 7.04. The maximum absolute atomic E-state index is 11.5. The lowest BCUT2D eigenvalue weighted by molar-refractivity contribution is -0.122. The van der Waals surface area contributed by atoms with E-state index in [2.05, 4.69) is 0 Å². The Morgan fingerprint density at radius 1 is 1.29 bits per heavy atom. The molecule has 0 aliphatic carbocycles. The van der Waals surface area contributed by atoms with Crippen molar-refractivity contribution in [3.05, 3.63) is 18.2 Å². The van der Waals surface area contributed by atoms with E-state index in [-0.39, 0.29) is 22.8 Å². The number of primary sulfonamides is 1. The van der Waals surface area contributed by atoms with Gasteiger partial charge in [-0.05, 0) is 38.0 Å². The molecule has 0 spiro atoms. The zero-order valence-electron chi connectivity index (χ0n) is 11.8. The maximum Gasteiger partial charge on any atom is 0.238 e. The number of nitrogens with zero attached hydrogens (tertiary/aromatic N) is 1. The predicted octanol–water partition coefficient (Wildman–Crippen LogP) is 0.00640. The molecule has 1 aromatic rings. The molecule has 1 aliphatic rings. The molecule has 1 fully saturated rings. The predicted molar refractivity (Wildman–Crippen MR) is 81.0 cm³/mol. The molecule has 1 amide bonds. The summed E-state index contributed by atoms with van der Waals surface area (Å²) in [7, 11) is -3.83.